The molecule has 130 valence electrons. The molecule has 0 unspecified atom stereocenters. The van der Waals surface area contributed by atoms with E-state index in [2.05, 4.69) is 12.6 Å². The molecule has 2 aromatic rings. The summed E-state index contributed by atoms with van der Waals surface area (Å²) >= 11 is 4.36. The zero-order chi connectivity index (χ0) is 17.4. The summed E-state index contributed by atoms with van der Waals surface area (Å²) in [7, 11) is 0. The fraction of sp³-hybridized carbons (Fsp3) is 0.400. The maximum Gasteiger partial charge on any atom is 0.162 e. The molecular weight excluding hydrogens is 326 g/mol. The van der Waals surface area contributed by atoms with Gasteiger partial charge in [0.25, 0.3) is 0 Å². The van der Waals surface area contributed by atoms with Gasteiger partial charge in [-0.05, 0) is 37.5 Å². The number of thiol groups is 1. The second-order valence-corrected chi connectivity index (χ2v) is 6.87. The SMILES string of the molecule is Cc1ccc(COc2ccc(F)c(F)c2)cc1.SC1CCCCC1. The van der Waals surface area contributed by atoms with Crippen molar-refractivity contribution in [3.63, 3.8) is 0 Å². The van der Waals surface area contributed by atoms with Crippen molar-refractivity contribution < 1.29 is 13.5 Å². The van der Waals surface area contributed by atoms with E-state index >= 15 is 0 Å². The smallest absolute Gasteiger partial charge is 0.162 e. The van der Waals surface area contributed by atoms with E-state index in [0.29, 0.717) is 12.4 Å². The van der Waals surface area contributed by atoms with E-state index in [0.717, 1.165) is 22.9 Å². The molecule has 0 saturated heterocycles. The van der Waals surface area contributed by atoms with Gasteiger partial charge in [0.1, 0.15) is 12.4 Å². The van der Waals surface area contributed by atoms with Crippen LogP contribution in [0.25, 0.3) is 0 Å². The molecular formula is C20H24F2OS. The summed E-state index contributed by atoms with van der Waals surface area (Å²) < 4.78 is 30.9. The molecule has 1 saturated carbocycles. The van der Waals surface area contributed by atoms with Crippen LogP contribution in [0.5, 0.6) is 5.75 Å². The van der Waals surface area contributed by atoms with Gasteiger partial charge in [0.05, 0.1) is 0 Å². The van der Waals surface area contributed by atoms with Crippen molar-refractivity contribution in [2.24, 2.45) is 0 Å². The van der Waals surface area contributed by atoms with Crippen LogP contribution in [-0.2, 0) is 6.61 Å². The summed E-state index contributed by atoms with van der Waals surface area (Å²) in [5, 5.41) is 0.730. The van der Waals surface area contributed by atoms with Crippen molar-refractivity contribution in [3.05, 3.63) is 65.2 Å². The fourth-order valence-electron chi connectivity index (χ4n) is 2.50. The molecule has 4 heteroatoms. The summed E-state index contributed by atoms with van der Waals surface area (Å²) in [5.74, 6) is -1.44. The topological polar surface area (TPSA) is 9.23 Å². The number of hydrogen-bond acceptors (Lipinski definition) is 2. The zero-order valence-corrected chi connectivity index (χ0v) is 14.9. The molecule has 1 aliphatic carbocycles. The Labute approximate surface area is 148 Å². The average molecular weight is 350 g/mol. The molecule has 0 spiro atoms. The number of ether oxygens (including phenoxy) is 1. The molecule has 3 rings (SSSR count). The van der Waals surface area contributed by atoms with Crippen molar-refractivity contribution >= 4 is 12.6 Å². The minimum absolute atomic E-state index is 0.324. The molecule has 0 atom stereocenters. The van der Waals surface area contributed by atoms with Crippen LogP contribution < -0.4 is 4.74 Å². The first-order valence-corrected chi connectivity index (χ1v) is 8.87. The van der Waals surface area contributed by atoms with E-state index < -0.39 is 11.6 Å². The molecule has 0 N–H and O–H groups in total. The second kappa shape index (κ2) is 9.67. The fourth-order valence-corrected chi connectivity index (χ4v) is 2.86. The van der Waals surface area contributed by atoms with E-state index in [1.54, 1.807) is 0 Å². The Bertz CT molecular complexity index is 622. The number of benzene rings is 2. The van der Waals surface area contributed by atoms with Crippen molar-refractivity contribution in [2.75, 3.05) is 0 Å². The van der Waals surface area contributed by atoms with E-state index in [1.807, 2.05) is 31.2 Å². The van der Waals surface area contributed by atoms with Crippen molar-refractivity contribution in [2.45, 2.75) is 50.9 Å². The van der Waals surface area contributed by atoms with Gasteiger partial charge in [0.2, 0.25) is 0 Å². The lowest BCUT2D eigenvalue weighted by Crippen LogP contribution is -2.03. The van der Waals surface area contributed by atoms with Gasteiger partial charge in [-0.3, -0.25) is 0 Å². The zero-order valence-electron chi connectivity index (χ0n) is 14.0. The first-order valence-electron chi connectivity index (χ1n) is 8.36. The van der Waals surface area contributed by atoms with Crippen molar-refractivity contribution in [1.82, 2.24) is 0 Å². The first-order chi connectivity index (χ1) is 11.5. The highest BCUT2D eigenvalue weighted by molar-refractivity contribution is 7.80. The Hall–Kier alpha value is -1.55. The number of rotatable bonds is 3. The molecule has 0 aliphatic heterocycles. The third kappa shape index (κ3) is 6.52. The molecule has 0 heterocycles. The van der Waals surface area contributed by atoms with Crippen LogP contribution in [-0.4, -0.2) is 5.25 Å². The number of hydrogen-bond donors (Lipinski definition) is 1. The molecule has 1 fully saturated rings. The number of aryl methyl sites for hydroxylation is 1. The monoisotopic (exact) mass is 350 g/mol. The van der Waals surface area contributed by atoms with Crippen LogP contribution in [0.1, 0.15) is 43.2 Å². The van der Waals surface area contributed by atoms with Crippen molar-refractivity contribution in [3.8, 4) is 5.75 Å². The normalized spacial score (nSPS) is 14.7. The Morgan fingerprint density at radius 2 is 1.62 bits per heavy atom. The van der Waals surface area contributed by atoms with Crippen LogP contribution in [0.15, 0.2) is 42.5 Å². The average Bonchev–Trinajstić information content (AvgIpc) is 2.59. The highest BCUT2D eigenvalue weighted by Crippen LogP contribution is 2.21. The van der Waals surface area contributed by atoms with E-state index in [-0.39, 0.29) is 0 Å². The molecule has 24 heavy (non-hydrogen) atoms. The highest BCUT2D eigenvalue weighted by Gasteiger charge is 2.07. The first kappa shape index (κ1) is 18.8. The lowest BCUT2D eigenvalue weighted by molar-refractivity contribution is 0.303. The maximum atomic E-state index is 12.9. The minimum atomic E-state index is -0.897. The lowest BCUT2D eigenvalue weighted by atomic mass is 10.0. The van der Waals surface area contributed by atoms with Gasteiger partial charge in [-0.15, -0.1) is 0 Å². The Morgan fingerprint density at radius 3 is 2.17 bits per heavy atom. The summed E-state index contributed by atoms with van der Waals surface area (Å²) in [4.78, 5) is 0. The summed E-state index contributed by atoms with van der Waals surface area (Å²) in [6.45, 7) is 2.34. The van der Waals surface area contributed by atoms with Crippen LogP contribution in [0.4, 0.5) is 8.78 Å². The molecule has 0 amide bonds. The number of halogens is 2. The maximum absolute atomic E-state index is 12.9. The van der Waals surface area contributed by atoms with Gasteiger partial charge < -0.3 is 4.74 Å². The van der Waals surface area contributed by atoms with Crippen LogP contribution in [0, 0.1) is 18.6 Å². The van der Waals surface area contributed by atoms with E-state index in [9.17, 15) is 8.78 Å². The Kier molecular flexibility index (Phi) is 7.57. The quantitative estimate of drug-likeness (QED) is 0.658. The predicted octanol–water partition coefficient (Wildman–Crippen LogP) is 6.10. The van der Waals surface area contributed by atoms with Gasteiger partial charge in [-0.25, -0.2) is 8.78 Å². The second-order valence-electron chi connectivity index (χ2n) is 6.14. The third-order valence-corrected chi connectivity index (χ3v) is 4.51. The highest BCUT2D eigenvalue weighted by atomic mass is 32.1. The van der Waals surface area contributed by atoms with Crippen LogP contribution >= 0.6 is 12.6 Å². The Balaban J connectivity index is 0.000000249. The minimum Gasteiger partial charge on any atom is -0.489 e. The predicted molar refractivity (Wildman–Crippen MR) is 97.7 cm³/mol. The summed E-state index contributed by atoms with van der Waals surface area (Å²) in [6.07, 6.45) is 6.96. The molecule has 1 nitrogen and oxygen atoms in total. The van der Waals surface area contributed by atoms with Gasteiger partial charge in [0.15, 0.2) is 11.6 Å². The van der Waals surface area contributed by atoms with E-state index in [1.165, 1.54) is 43.7 Å². The lowest BCUT2D eigenvalue weighted by Gasteiger charge is -2.14. The van der Waals surface area contributed by atoms with E-state index in [4.69, 9.17) is 4.74 Å². The Morgan fingerprint density at radius 1 is 0.958 bits per heavy atom. The summed E-state index contributed by atoms with van der Waals surface area (Å²) in [6, 6.07) is 11.3. The molecule has 1 aliphatic rings. The van der Waals surface area contributed by atoms with Crippen LogP contribution in [0.3, 0.4) is 0 Å². The third-order valence-electron chi connectivity index (χ3n) is 3.99. The largest absolute Gasteiger partial charge is 0.489 e. The van der Waals surface area contributed by atoms with Crippen LogP contribution in [0.2, 0.25) is 0 Å². The molecule has 0 bridgehead atoms. The van der Waals surface area contributed by atoms with Gasteiger partial charge in [-0.1, -0.05) is 49.1 Å². The van der Waals surface area contributed by atoms with Gasteiger partial charge >= 0.3 is 0 Å². The molecule has 0 aromatic heterocycles. The van der Waals surface area contributed by atoms with Gasteiger partial charge in [-0.2, -0.15) is 12.6 Å². The molecule has 2 aromatic carbocycles. The summed E-state index contributed by atoms with van der Waals surface area (Å²) in [5.41, 5.74) is 2.15. The molecule has 0 radical (unpaired) electrons. The standard InChI is InChI=1S/C14H12F2O.C6H12S/c1-10-2-4-11(5-3-10)9-17-12-6-7-13(15)14(16)8-12;7-6-4-2-1-3-5-6/h2-8H,9H2,1H3;6-7H,1-5H2. The van der Waals surface area contributed by atoms with Gasteiger partial charge in [0, 0.05) is 11.3 Å². The van der Waals surface area contributed by atoms with Crippen molar-refractivity contribution in [1.29, 1.82) is 0 Å².